The Morgan fingerprint density at radius 2 is 2.10 bits per heavy atom. The summed E-state index contributed by atoms with van der Waals surface area (Å²) in [5, 5.41) is 3.80. The summed E-state index contributed by atoms with van der Waals surface area (Å²) in [5.74, 6) is -0.715. The molecule has 0 saturated carbocycles. The molecule has 0 unspecified atom stereocenters. The van der Waals surface area contributed by atoms with Gasteiger partial charge >= 0.3 is 12.1 Å². The fourth-order valence-corrected chi connectivity index (χ4v) is 2.73. The van der Waals surface area contributed by atoms with Crippen LogP contribution in [0.4, 0.5) is 4.79 Å². The summed E-state index contributed by atoms with van der Waals surface area (Å²) in [4.78, 5) is 30.7. The van der Waals surface area contributed by atoms with E-state index in [1.807, 2.05) is 0 Å². The maximum Gasteiger partial charge on any atom is 0.411 e. The molecule has 0 N–H and O–H groups in total. The van der Waals surface area contributed by atoms with Crippen LogP contribution in [-0.4, -0.2) is 53.0 Å². The van der Waals surface area contributed by atoms with Crippen LogP contribution in [0.5, 0.6) is 0 Å². The van der Waals surface area contributed by atoms with E-state index in [0.717, 1.165) is 0 Å². The Bertz CT molecular complexity index is 459. The van der Waals surface area contributed by atoms with Crippen LogP contribution in [0.15, 0.2) is 5.16 Å². The molecule has 2 aliphatic heterocycles. The van der Waals surface area contributed by atoms with Crippen LogP contribution < -0.4 is 0 Å². The minimum Gasteiger partial charge on any atom is -0.467 e. The third kappa shape index (κ3) is 2.74. The number of carbonyl (C=O) groups is 2. The smallest absolute Gasteiger partial charge is 0.411 e. The molecule has 2 heterocycles. The molecule has 20 heavy (non-hydrogen) atoms. The molecule has 0 aliphatic carbocycles. The molecule has 2 aliphatic rings. The zero-order valence-corrected chi connectivity index (χ0v) is 13.3. The highest BCUT2D eigenvalue weighted by molar-refractivity contribution is 9.18. The van der Waals surface area contributed by atoms with E-state index in [0.29, 0.717) is 11.2 Å². The molecule has 1 amide bonds. The van der Waals surface area contributed by atoms with Gasteiger partial charge in [0.05, 0.1) is 13.0 Å². The van der Waals surface area contributed by atoms with Crippen molar-refractivity contribution in [1.82, 2.24) is 4.90 Å². The minimum atomic E-state index is -0.848. The molecule has 0 spiro atoms. The Hall–Kier alpha value is -1.31. The summed E-state index contributed by atoms with van der Waals surface area (Å²) >= 11 is 3.28. The number of carbonyl (C=O) groups excluding carboxylic acids is 2. The number of ether oxygens (including phenoxy) is 2. The van der Waals surface area contributed by atoms with Crippen molar-refractivity contribution in [1.29, 1.82) is 0 Å². The van der Waals surface area contributed by atoms with Gasteiger partial charge in [-0.2, -0.15) is 0 Å². The first-order valence-electron chi connectivity index (χ1n) is 6.21. The first kappa shape index (κ1) is 15.1. The number of hydrogen-bond donors (Lipinski definition) is 0. The number of hydrogen-bond acceptors (Lipinski definition) is 6. The highest BCUT2D eigenvalue weighted by Crippen LogP contribution is 2.35. The molecule has 0 aromatic rings. The fraction of sp³-hybridized carbons (Fsp3) is 0.750. The molecule has 1 saturated heterocycles. The molecule has 1 fully saturated rings. The molecule has 0 aromatic heterocycles. The Morgan fingerprint density at radius 3 is 2.65 bits per heavy atom. The monoisotopic (exact) mass is 348 g/mol. The van der Waals surface area contributed by atoms with E-state index in [1.54, 1.807) is 20.8 Å². The summed E-state index contributed by atoms with van der Waals surface area (Å²) in [6.07, 6.45) is -1.10. The van der Waals surface area contributed by atoms with Gasteiger partial charge in [0.2, 0.25) is 0 Å². The summed E-state index contributed by atoms with van der Waals surface area (Å²) in [7, 11) is 1.27. The van der Waals surface area contributed by atoms with Gasteiger partial charge in [0.15, 0.2) is 12.1 Å². The van der Waals surface area contributed by atoms with Crippen molar-refractivity contribution < 1.29 is 23.9 Å². The minimum absolute atomic E-state index is 0.174. The Labute approximate surface area is 125 Å². The maximum absolute atomic E-state index is 12.2. The van der Waals surface area contributed by atoms with Crippen molar-refractivity contribution >= 4 is 32.6 Å². The van der Waals surface area contributed by atoms with Gasteiger partial charge in [-0.05, 0) is 36.7 Å². The molecular weight excluding hydrogens is 332 g/mol. The molecule has 7 nitrogen and oxygen atoms in total. The van der Waals surface area contributed by atoms with E-state index < -0.39 is 29.8 Å². The zero-order chi connectivity index (χ0) is 15.1. The standard InChI is InChI=1S/C12H17BrN2O5/c1-12(2,3)19-11(17)15-5-6-8(20-14-9(6)13)7(15)10(16)18-4/h6-8H,5H2,1-4H3/t6-,7-,8-/m0/s1. The van der Waals surface area contributed by atoms with E-state index in [9.17, 15) is 9.59 Å². The van der Waals surface area contributed by atoms with Crippen LogP contribution in [0.3, 0.4) is 0 Å². The number of oxime groups is 1. The van der Waals surface area contributed by atoms with Gasteiger partial charge in [-0.25, -0.2) is 9.59 Å². The Morgan fingerprint density at radius 1 is 1.45 bits per heavy atom. The van der Waals surface area contributed by atoms with Gasteiger partial charge < -0.3 is 14.3 Å². The lowest BCUT2D eigenvalue weighted by atomic mass is 10.0. The largest absolute Gasteiger partial charge is 0.467 e. The summed E-state index contributed by atoms with van der Waals surface area (Å²) in [5.41, 5.74) is -0.637. The van der Waals surface area contributed by atoms with Crippen LogP contribution in [0.25, 0.3) is 0 Å². The average Bonchev–Trinajstić information content (AvgIpc) is 2.86. The van der Waals surface area contributed by atoms with Crippen molar-refractivity contribution in [3.8, 4) is 0 Å². The number of amides is 1. The predicted molar refractivity (Wildman–Crippen MR) is 73.5 cm³/mol. The summed E-state index contributed by atoms with van der Waals surface area (Å²) in [6, 6.07) is -0.848. The number of rotatable bonds is 1. The highest BCUT2D eigenvalue weighted by Gasteiger charge is 2.55. The molecule has 8 heteroatoms. The number of halogens is 1. The third-order valence-electron chi connectivity index (χ3n) is 3.08. The van der Waals surface area contributed by atoms with Gasteiger partial charge in [0.25, 0.3) is 0 Å². The van der Waals surface area contributed by atoms with E-state index in [4.69, 9.17) is 14.3 Å². The number of methoxy groups -OCH3 is 1. The first-order chi connectivity index (χ1) is 9.24. The lowest BCUT2D eigenvalue weighted by molar-refractivity contribution is -0.149. The molecule has 0 bridgehead atoms. The van der Waals surface area contributed by atoms with Gasteiger partial charge in [-0.3, -0.25) is 4.90 Å². The summed E-state index contributed by atoms with van der Waals surface area (Å²) in [6.45, 7) is 5.60. The van der Waals surface area contributed by atoms with Crippen molar-refractivity contribution in [3.05, 3.63) is 0 Å². The van der Waals surface area contributed by atoms with Gasteiger partial charge in [0, 0.05) is 6.54 Å². The SMILES string of the molecule is COC(=O)[C@@H]1[C@H]2ON=C(Br)[C@H]2CN1C(=O)OC(C)(C)C. The van der Waals surface area contributed by atoms with Crippen molar-refractivity contribution in [2.45, 2.75) is 38.5 Å². The van der Waals surface area contributed by atoms with E-state index in [-0.39, 0.29) is 5.92 Å². The molecule has 0 radical (unpaired) electrons. The average molecular weight is 349 g/mol. The fourth-order valence-electron chi connectivity index (χ4n) is 2.24. The lowest BCUT2D eigenvalue weighted by Gasteiger charge is -2.28. The second-order valence-electron chi connectivity index (χ2n) is 5.69. The summed E-state index contributed by atoms with van der Waals surface area (Å²) < 4.78 is 10.7. The van der Waals surface area contributed by atoms with E-state index >= 15 is 0 Å². The molecule has 0 aromatic carbocycles. The second kappa shape index (κ2) is 5.23. The van der Waals surface area contributed by atoms with Gasteiger partial charge in [-0.15, -0.1) is 0 Å². The number of likely N-dealkylation sites (tertiary alicyclic amines) is 1. The number of esters is 1. The molecule has 2 rings (SSSR count). The molecule has 3 atom stereocenters. The predicted octanol–water partition coefficient (Wildman–Crippen LogP) is 1.50. The zero-order valence-electron chi connectivity index (χ0n) is 11.8. The van der Waals surface area contributed by atoms with Crippen molar-refractivity contribution in [2.75, 3.05) is 13.7 Å². The van der Waals surface area contributed by atoms with Crippen molar-refractivity contribution in [3.63, 3.8) is 0 Å². The lowest BCUT2D eigenvalue weighted by Crippen LogP contribution is -2.47. The quantitative estimate of drug-likeness (QED) is 0.671. The van der Waals surface area contributed by atoms with E-state index in [1.165, 1.54) is 12.0 Å². The van der Waals surface area contributed by atoms with Crippen LogP contribution in [0, 0.1) is 5.92 Å². The molecular formula is C12H17BrN2O5. The number of fused-ring (bicyclic) bond motifs is 1. The van der Waals surface area contributed by atoms with Crippen LogP contribution in [0.1, 0.15) is 20.8 Å². The number of nitrogens with zero attached hydrogens (tertiary/aromatic N) is 2. The van der Waals surface area contributed by atoms with Crippen LogP contribution in [0.2, 0.25) is 0 Å². The van der Waals surface area contributed by atoms with E-state index in [2.05, 4.69) is 21.1 Å². The van der Waals surface area contributed by atoms with Gasteiger partial charge in [0.1, 0.15) is 10.2 Å². The van der Waals surface area contributed by atoms with Crippen LogP contribution in [-0.2, 0) is 19.1 Å². The Kier molecular flexibility index (Phi) is 3.95. The van der Waals surface area contributed by atoms with Crippen molar-refractivity contribution in [2.24, 2.45) is 11.1 Å². The maximum atomic E-state index is 12.2. The first-order valence-corrected chi connectivity index (χ1v) is 7.00. The normalized spacial score (nSPS) is 28.6. The second-order valence-corrected chi connectivity index (χ2v) is 6.50. The third-order valence-corrected chi connectivity index (χ3v) is 3.81. The topological polar surface area (TPSA) is 77.4 Å². The molecule has 112 valence electrons. The van der Waals surface area contributed by atoms with Crippen LogP contribution >= 0.6 is 15.9 Å². The Balaban J connectivity index is 2.20. The highest BCUT2D eigenvalue weighted by atomic mass is 79.9. The van der Waals surface area contributed by atoms with Gasteiger partial charge in [-0.1, -0.05) is 5.16 Å².